The summed E-state index contributed by atoms with van der Waals surface area (Å²) in [5.41, 5.74) is 1.96. The fourth-order valence-electron chi connectivity index (χ4n) is 3.53. The monoisotopic (exact) mass is 420 g/mol. The summed E-state index contributed by atoms with van der Waals surface area (Å²) in [6.45, 7) is 3.68. The van der Waals surface area contributed by atoms with Gasteiger partial charge in [-0.15, -0.1) is 0 Å². The van der Waals surface area contributed by atoms with Crippen molar-refractivity contribution in [3.63, 3.8) is 0 Å². The first-order valence-corrected chi connectivity index (χ1v) is 11.3. The van der Waals surface area contributed by atoms with Gasteiger partial charge in [0.1, 0.15) is 0 Å². The number of amides is 1. The van der Waals surface area contributed by atoms with Crippen LogP contribution < -0.4 is 10.6 Å². The molecule has 5 nitrogen and oxygen atoms in total. The fraction of sp³-hybridized carbons (Fsp3) is 0.381. The molecule has 3 rings (SSSR count). The first kappa shape index (κ1) is 20.7. The zero-order chi connectivity index (χ0) is 20.3. The van der Waals surface area contributed by atoms with E-state index in [1.54, 1.807) is 25.1 Å². The molecule has 28 heavy (non-hydrogen) atoms. The van der Waals surface area contributed by atoms with Gasteiger partial charge in [-0.3, -0.25) is 4.79 Å². The highest BCUT2D eigenvalue weighted by Crippen LogP contribution is 2.33. The summed E-state index contributed by atoms with van der Waals surface area (Å²) in [7, 11) is -3.76. The lowest BCUT2D eigenvalue weighted by Gasteiger charge is -2.18. The quantitative estimate of drug-likeness (QED) is 0.732. The molecule has 0 spiro atoms. The predicted octanol–water partition coefficient (Wildman–Crippen LogP) is 4.26. The van der Waals surface area contributed by atoms with Crippen LogP contribution in [0.15, 0.2) is 46.2 Å². The van der Waals surface area contributed by atoms with Crippen LogP contribution in [-0.4, -0.2) is 26.9 Å². The second-order valence-electron chi connectivity index (χ2n) is 7.24. The fourth-order valence-corrected chi connectivity index (χ4v) is 5.38. The molecule has 1 saturated carbocycles. The number of hydrogen-bond donors (Lipinski definition) is 2. The van der Waals surface area contributed by atoms with Crippen LogP contribution in [0.4, 0.5) is 5.69 Å². The Hall–Kier alpha value is -2.05. The second-order valence-corrected chi connectivity index (χ2v) is 9.57. The summed E-state index contributed by atoms with van der Waals surface area (Å²) in [6.07, 6.45) is 4.29. The number of sulfone groups is 1. The Morgan fingerprint density at radius 2 is 1.71 bits per heavy atom. The van der Waals surface area contributed by atoms with Crippen LogP contribution in [0.3, 0.4) is 0 Å². The third kappa shape index (κ3) is 4.50. The van der Waals surface area contributed by atoms with Crippen molar-refractivity contribution in [1.29, 1.82) is 0 Å². The van der Waals surface area contributed by atoms with Gasteiger partial charge in [-0.25, -0.2) is 8.42 Å². The number of hydrogen-bond acceptors (Lipinski definition) is 4. The largest absolute Gasteiger partial charge is 0.375 e. The molecule has 0 heterocycles. The van der Waals surface area contributed by atoms with Crippen LogP contribution in [0.25, 0.3) is 0 Å². The van der Waals surface area contributed by atoms with Crippen LogP contribution in [0.2, 0.25) is 5.02 Å². The third-order valence-corrected chi connectivity index (χ3v) is 7.44. The average Bonchev–Trinajstić information content (AvgIpc) is 3.15. The van der Waals surface area contributed by atoms with Crippen LogP contribution in [0.1, 0.15) is 36.8 Å². The van der Waals surface area contributed by atoms with Gasteiger partial charge in [-0.05, 0) is 68.1 Å². The van der Waals surface area contributed by atoms with Gasteiger partial charge in [0.05, 0.1) is 22.0 Å². The van der Waals surface area contributed by atoms with E-state index >= 15 is 0 Å². The Kier molecular flexibility index (Phi) is 6.30. The van der Waals surface area contributed by atoms with E-state index in [0.717, 1.165) is 31.2 Å². The lowest BCUT2D eigenvalue weighted by atomic mass is 10.1. The highest BCUT2D eigenvalue weighted by molar-refractivity contribution is 7.91. The molecule has 2 aromatic rings. The summed E-state index contributed by atoms with van der Waals surface area (Å²) < 4.78 is 26.6. The Bertz CT molecular complexity index is 966. The number of nitrogens with one attached hydrogen (secondary N) is 2. The van der Waals surface area contributed by atoms with Gasteiger partial charge < -0.3 is 10.6 Å². The molecular formula is C21H25ClN2O3S. The highest BCUT2D eigenvalue weighted by Gasteiger charge is 2.25. The standard InChI is InChI=1S/C21H25ClN2O3S/c1-14-7-12-19(23-13-20(25)24-17-5-3-4-6-17)21(15(14)2)28(26,27)18-10-8-16(22)9-11-18/h7-12,17,23H,3-6,13H2,1-2H3,(H,24,25). The SMILES string of the molecule is Cc1ccc(NCC(=O)NC2CCCC2)c(S(=O)(=O)c2ccc(Cl)cc2)c1C. The maximum Gasteiger partial charge on any atom is 0.239 e. The van der Waals surface area contributed by atoms with Gasteiger partial charge in [-0.2, -0.15) is 0 Å². The number of rotatable bonds is 6. The lowest BCUT2D eigenvalue weighted by molar-refractivity contribution is -0.120. The molecule has 0 atom stereocenters. The molecule has 2 aromatic carbocycles. The summed E-state index contributed by atoms with van der Waals surface area (Å²) in [5, 5.41) is 6.50. The lowest BCUT2D eigenvalue weighted by Crippen LogP contribution is -2.36. The van der Waals surface area contributed by atoms with Gasteiger partial charge in [-0.1, -0.05) is 30.5 Å². The van der Waals surface area contributed by atoms with Gasteiger partial charge >= 0.3 is 0 Å². The molecule has 7 heteroatoms. The smallest absolute Gasteiger partial charge is 0.239 e. The summed E-state index contributed by atoms with van der Waals surface area (Å²) in [4.78, 5) is 12.6. The van der Waals surface area contributed by atoms with Gasteiger partial charge in [0.25, 0.3) is 0 Å². The molecule has 0 saturated heterocycles. The van der Waals surface area contributed by atoms with E-state index in [0.29, 0.717) is 16.3 Å². The molecule has 0 aromatic heterocycles. The number of carbonyl (C=O) groups excluding carboxylic acids is 1. The van der Waals surface area contributed by atoms with E-state index in [1.807, 2.05) is 13.0 Å². The van der Waals surface area contributed by atoms with E-state index in [4.69, 9.17) is 11.6 Å². The van der Waals surface area contributed by atoms with E-state index in [9.17, 15) is 13.2 Å². The van der Waals surface area contributed by atoms with Crippen molar-refractivity contribution in [3.8, 4) is 0 Å². The number of halogens is 1. The summed E-state index contributed by atoms with van der Waals surface area (Å²) >= 11 is 5.90. The molecule has 1 amide bonds. The zero-order valence-electron chi connectivity index (χ0n) is 16.1. The third-order valence-electron chi connectivity index (χ3n) is 5.23. The van der Waals surface area contributed by atoms with E-state index in [2.05, 4.69) is 10.6 Å². The van der Waals surface area contributed by atoms with Crippen LogP contribution in [-0.2, 0) is 14.6 Å². The number of carbonyl (C=O) groups is 1. The normalized spacial score (nSPS) is 14.8. The first-order chi connectivity index (χ1) is 13.3. The number of benzene rings is 2. The minimum Gasteiger partial charge on any atom is -0.375 e. The summed E-state index contributed by atoms with van der Waals surface area (Å²) in [6, 6.07) is 9.91. The molecule has 150 valence electrons. The molecule has 0 bridgehead atoms. The zero-order valence-corrected chi connectivity index (χ0v) is 17.7. The highest BCUT2D eigenvalue weighted by atomic mass is 35.5. The maximum atomic E-state index is 13.3. The van der Waals surface area contributed by atoms with Crippen molar-refractivity contribution in [1.82, 2.24) is 5.32 Å². The molecular weight excluding hydrogens is 396 g/mol. The minimum atomic E-state index is -3.76. The van der Waals surface area contributed by atoms with Crippen molar-refractivity contribution < 1.29 is 13.2 Å². The minimum absolute atomic E-state index is 0.0299. The van der Waals surface area contributed by atoms with E-state index in [1.165, 1.54) is 12.1 Å². The van der Waals surface area contributed by atoms with Crippen molar-refractivity contribution >= 4 is 33.0 Å². The van der Waals surface area contributed by atoms with Crippen molar-refractivity contribution in [2.24, 2.45) is 0 Å². The van der Waals surface area contributed by atoms with Crippen molar-refractivity contribution in [3.05, 3.63) is 52.5 Å². The van der Waals surface area contributed by atoms with E-state index < -0.39 is 9.84 Å². The van der Waals surface area contributed by atoms with Gasteiger partial charge in [0, 0.05) is 11.1 Å². The van der Waals surface area contributed by atoms with Crippen molar-refractivity contribution in [2.45, 2.75) is 55.4 Å². The topological polar surface area (TPSA) is 75.3 Å². The Balaban J connectivity index is 1.87. The van der Waals surface area contributed by atoms with Gasteiger partial charge in [0.2, 0.25) is 15.7 Å². The average molecular weight is 421 g/mol. The number of aryl methyl sites for hydroxylation is 1. The number of anilines is 1. The van der Waals surface area contributed by atoms with Crippen molar-refractivity contribution in [2.75, 3.05) is 11.9 Å². The van der Waals surface area contributed by atoms with Gasteiger partial charge in [0.15, 0.2) is 0 Å². The van der Waals surface area contributed by atoms with Crippen LogP contribution in [0.5, 0.6) is 0 Å². The Morgan fingerprint density at radius 3 is 2.36 bits per heavy atom. The molecule has 0 aliphatic heterocycles. The van der Waals surface area contributed by atoms with Crippen LogP contribution >= 0.6 is 11.6 Å². The molecule has 0 unspecified atom stereocenters. The Morgan fingerprint density at radius 1 is 1.07 bits per heavy atom. The molecule has 1 aliphatic rings. The van der Waals surface area contributed by atoms with Crippen LogP contribution in [0, 0.1) is 13.8 Å². The Labute approximate surface area is 171 Å². The predicted molar refractivity (Wildman–Crippen MR) is 112 cm³/mol. The van der Waals surface area contributed by atoms with E-state index in [-0.39, 0.29) is 28.3 Å². The second kappa shape index (κ2) is 8.53. The molecule has 2 N–H and O–H groups in total. The molecule has 1 fully saturated rings. The molecule has 0 radical (unpaired) electrons. The maximum absolute atomic E-state index is 13.3. The summed E-state index contributed by atoms with van der Waals surface area (Å²) in [5.74, 6) is -0.125. The molecule has 1 aliphatic carbocycles. The first-order valence-electron chi connectivity index (χ1n) is 9.43.